The van der Waals surface area contributed by atoms with Gasteiger partial charge in [-0.05, 0) is 41.8 Å². The van der Waals surface area contributed by atoms with E-state index in [2.05, 4.69) is 0 Å². The summed E-state index contributed by atoms with van der Waals surface area (Å²) in [5.74, 6) is 0.634. The molecule has 2 rings (SSSR count). The second-order valence-corrected chi connectivity index (χ2v) is 7.07. The number of ether oxygens (including phenoxy) is 3. The van der Waals surface area contributed by atoms with Crippen molar-refractivity contribution in [3.63, 3.8) is 0 Å². The summed E-state index contributed by atoms with van der Waals surface area (Å²) in [6.07, 6.45) is 0.189. The Morgan fingerprint density at radius 2 is 1.67 bits per heavy atom. The molecule has 0 aliphatic carbocycles. The third-order valence-corrected chi connectivity index (χ3v) is 4.53. The quantitative estimate of drug-likeness (QED) is 0.531. The number of halogens is 1. The van der Waals surface area contributed by atoms with Gasteiger partial charge in [-0.2, -0.15) is 0 Å². The molecule has 2 aromatic carbocycles. The third kappa shape index (κ3) is 7.65. The predicted octanol–water partition coefficient (Wildman–Crippen LogP) is 3.55. The third-order valence-electron chi connectivity index (χ3n) is 4.53. The Labute approximate surface area is 177 Å². The summed E-state index contributed by atoms with van der Waals surface area (Å²) >= 11 is 0. The lowest BCUT2D eigenvalue weighted by atomic mass is 10.1. The summed E-state index contributed by atoms with van der Waals surface area (Å²) in [6, 6.07) is 11.9. The second-order valence-electron chi connectivity index (χ2n) is 7.07. The van der Waals surface area contributed by atoms with Gasteiger partial charge in [-0.3, -0.25) is 9.69 Å². The molecule has 0 bridgehead atoms. The number of carbonyl (C=O) groups excluding carboxylic acids is 1. The molecular weight excluding hydrogens is 389 g/mol. The molecule has 30 heavy (non-hydrogen) atoms. The van der Waals surface area contributed by atoms with Gasteiger partial charge in [0.1, 0.15) is 18.5 Å². The van der Waals surface area contributed by atoms with E-state index >= 15 is 0 Å². The van der Waals surface area contributed by atoms with E-state index in [1.165, 1.54) is 12.1 Å². The minimum atomic E-state index is -0.841. The Bertz CT molecular complexity index is 797. The average molecular weight is 419 g/mol. The molecule has 0 aliphatic rings. The molecule has 0 aromatic heterocycles. The zero-order valence-corrected chi connectivity index (χ0v) is 17.8. The molecule has 0 radical (unpaired) electrons. The van der Waals surface area contributed by atoms with Crippen molar-refractivity contribution in [1.29, 1.82) is 0 Å². The van der Waals surface area contributed by atoms with Gasteiger partial charge in [0.2, 0.25) is 0 Å². The Morgan fingerprint density at radius 3 is 2.30 bits per heavy atom. The van der Waals surface area contributed by atoms with Crippen LogP contribution in [0, 0.1) is 5.82 Å². The van der Waals surface area contributed by atoms with Crippen LogP contribution in [-0.2, 0) is 22.6 Å². The highest BCUT2D eigenvalue weighted by Crippen LogP contribution is 2.28. The molecular formula is C23H30FNO5. The predicted molar refractivity (Wildman–Crippen MR) is 112 cm³/mol. The van der Waals surface area contributed by atoms with Crippen LogP contribution in [0.3, 0.4) is 0 Å². The molecule has 2 aromatic rings. The van der Waals surface area contributed by atoms with E-state index in [1.54, 1.807) is 26.4 Å². The summed E-state index contributed by atoms with van der Waals surface area (Å²) < 4.78 is 29.0. The topological polar surface area (TPSA) is 68.2 Å². The highest BCUT2D eigenvalue weighted by molar-refractivity contribution is 5.69. The highest BCUT2D eigenvalue weighted by Gasteiger charge is 2.16. The van der Waals surface area contributed by atoms with Gasteiger partial charge < -0.3 is 19.3 Å². The molecule has 0 spiro atoms. The molecule has 0 saturated heterocycles. The monoisotopic (exact) mass is 419 g/mol. The smallest absolute Gasteiger partial charge is 0.305 e. The van der Waals surface area contributed by atoms with Gasteiger partial charge in [-0.25, -0.2) is 4.39 Å². The number of esters is 1. The van der Waals surface area contributed by atoms with Crippen molar-refractivity contribution in [3.05, 3.63) is 59.4 Å². The number of methoxy groups -OCH3 is 2. The first-order chi connectivity index (χ1) is 14.4. The molecule has 0 saturated carbocycles. The number of aliphatic hydroxyl groups is 1. The number of hydrogen-bond acceptors (Lipinski definition) is 6. The van der Waals surface area contributed by atoms with E-state index in [0.717, 1.165) is 11.1 Å². The summed E-state index contributed by atoms with van der Waals surface area (Å²) in [4.78, 5) is 13.6. The largest absolute Gasteiger partial charge is 0.493 e. The van der Waals surface area contributed by atoms with Gasteiger partial charge in [0.05, 0.1) is 14.2 Å². The first-order valence-corrected chi connectivity index (χ1v) is 9.96. The van der Waals surface area contributed by atoms with E-state index in [4.69, 9.17) is 14.2 Å². The number of rotatable bonds is 12. The van der Waals surface area contributed by atoms with Gasteiger partial charge in [0, 0.05) is 26.1 Å². The Morgan fingerprint density at radius 1 is 1.03 bits per heavy atom. The van der Waals surface area contributed by atoms with Crippen molar-refractivity contribution >= 4 is 5.97 Å². The Kier molecular flexibility index (Phi) is 9.57. The first-order valence-electron chi connectivity index (χ1n) is 9.96. The molecule has 6 nitrogen and oxygen atoms in total. The zero-order valence-electron chi connectivity index (χ0n) is 17.8. The van der Waals surface area contributed by atoms with Crippen LogP contribution in [0.4, 0.5) is 4.39 Å². The van der Waals surface area contributed by atoms with Crippen LogP contribution < -0.4 is 9.47 Å². The molecule has 7 heteroatoms. The van der Waals surface area contributed by atoms with Gasteiger partial charge in [-0.15, -0.1) is 0 Å². The number of nitrogens with zero attached hydrogens (tertiary/aromatic N) is 1. The molecule has 1 unspecified atom stereocenters. The van der Waals surface area contributed by atoms with Crippen molar-refractivity contribution in [3.8, 4) is 11.5 Å². The van der Waals surface area contributed by atoms with E-state index in [1.807, 2.05) is 30.0 Å². The lowest BCUT2D eigenvalue weighted by Gasteiger charge is -2.25. The zero-order chi connectivity index (χ0) is 21.9. The highest BCUT2D eigenvalue weighted by atomic mass is 19.1. The fourth-order valence-corrected chi connectivity index (χ4v) is 3.09. The van der Waals surface area contributed by atoms with E-state index in [0.29, 0.717) is 37.4 Å². The second kappa shape index (κ2) is 12.1. The fraction of sp³-hybridized carbons (Fsp3) is 0.435. The van der Waals surface area contributed by atoms with Crippen LogP contribution in [0.25, 0.3) is 0 Å². The van der Waals surface area contributed by atoms with Crippen LogP contribution in [0.2, 0.25) is 0 Å². The number of hydrogen-bond donors (Lipinski definition) is 1. The fourth-order valence-electron chi connectivity index (χ4n) is 3.09. The van der Waals surface area contributed by atoms with E-state index < -0.39 is 6.10 Å². The molecule has 0 aliphatic heterocycles. The number of aliphatic hydroxyl groups excluding tert-OH is 1. The van der Waals surface area contributed by atoms with Crippen LogP contribution in [0.1, 0.15) is 30.9 Å². The normalized spacial score (nSPS) is 11.9. The van der Waals surface area contributed by atoms with E-state index in [9.17, 15) is 14.3 Å². The van der Waals surface area contributed by atoms with Crippen LogP contribution in [0.15, 0.2) is 42.5 Å². The molecule has 1 atom stereocenters. The van der Waals surface area contributed by atoms with Gasteiger partial charge in [-0.1, -0.05) is 25.1 Å². The van der Waals surface area contributed by atoms with E-state index in [-0.39, 0.29) is 24.9 Å². The van der Waals surface area contributed by atoms with Crippen molar-refractivity contribution < 1.29 is 28.5 Å². The van der Waals surface area contributed by atoms with Crippen molar-refractivity contribution in [1.82, 2.24) is 4.90 Å². The lowest BCUT2D eigenvalue weighted by Crippen LogP contribution is -2.34. The maximum absolute atomic E-state index is 13.2. The summed E-state index contributed by atoms with van der Waals surface area (Å²) in [6.45, 7) is 3.12. The van der Waals surface area contributed by atoms with Gasteiger partial charge in [0.15, 0.2) is 11.5 Å². The molecule has 0 fully saturated rings. The Balaban J connectivity index is 2.10. The van der Waals surface area contributed by atoms with Crippen molar-refractivity contribution in [2.75, 3.05) is 27.4 Å². The maximum Gasteiger partial charge on any atom is 0.305 e. The van der Waals surface area contributed by atoms with Gasteiger partial charge >= 0.3 is 5.97 Å². The minimum Gasteiger partial charge on any atom is -0.493 e. The van der Waals surface area contributed by atoms with Gasteiger partial charge in [0.25, 0.3) is 0 Å². The van der Waals surface area contributed by atoms with Crippen LogP contribution in [0.5, 0.6) is 11.5 Å². The minimum absolute atomic E-state index is 0.0648. The lowest BCUT2D eigenvalue weighted by molar-refractivity contribution is -0.147. The standard InChI is InChI=1S/C23H30FNO5/c1-4-5-23(27)30-16-20(26)15-25(13-17-6-9-19(24)10-7-17)14-18-8-11-21(28-2)22(12-18)29-3/h6-12,20,26H,4-5,13-16H2,1-3H3. The summed E-state index contributed by atoms with van der Waals surface area (Å²) in [5, 5.41) is 10.4. The van der Waals surface area contributed by atoms with Crippen LogP contribution in [-0.4, -0.2) is 49.5 Å². The van der Waals surface area contributed by atoms with Crippen molar-refractivity contribution in [2.24, 2.45) is 0 Å². The molecule has 0 amide bonds. The molecule has 0 heterocycles. The SMILES string of the molecule is CCCC(=O)OCC(O)CN(Cc1ccc(F)cc1)Cc1ccc(OC)c(OC)c1. The van der Waals surface area contributed by atoms with Crippen molar-refractivity contribution in [2.45, 2.75) is 39.0 Å². The summed E-state index contributed by atoms with van der Waals surface area (Å²) in [7, 11) is 3.15. The molecule has 164 valence electrons. The van der Waals surface area contributed by atoms with Crippen LogP contribution >= 0.6 is 0 Å². The summed E-state index contributed by atoms with van der Waals surface area (Å²) in [5.41, 5.74) is 1.87. The number of benzene rings is 2. The number of carbonyl (C=O) groups is 1. The molecule has 1 N–H and O–H groups in total. The average Bonchev–Trinajstić information content (AvgIpc) is 2.74. The maximum atomic E-state index is 13.2. The first kappa shape index (κ1) is 23.6. The Hall–Kier alpha value is -2.64.